The molecule has 0 radical (unpaired) electrons. The Morgan fingerprint density at radius 2 is 2.05 bits per heavy atom. The first kappa shape index (κ1) is 16.3. The Balaban J connectivity index is 1.84. The topological polar surface area (TPSA) is 38.3 Å². The number of ether oxygens (including phenoxy) is 1. The minimum absolute atomic E-state index is 0.00332. The molecule has 2 aromatic carbocycles. The molecule has 0 atom stereocenters. The van der Waals surface area contributed by atoms with E-state index in [0.29, 0.717) is 11.6 Å². The molecule has 0 aliphatic rings. The van der Waals surface area contributed by atoms with E-state index in [-0.39, 0.29) is 12.5 Å². The van der Waals surface area contributed by atoms with Gasteiger partial charge in [-0.25, -0.2) is 0 Å². The van der Waals surface area contributed by atoms with Gasteiger partial charge in [0.25, 0.3) is 0 Å². The Bertz CT molecular complexity index is 646. The predicted octanol–water partition coefficient (Wildman–Crippen LogP) is 4.41. The van der Waals surface area contributed by atoms with E-state index in [9.17, 15) is 4.79 Å². The third kappa shape index (κ3) is 4.98. The standard InChI is InChI=1S/C16H15ClINO2/c1-11-8-13(18)6-7-15(11)19-16(20)10-21-9-12-4-2-3-5-14(12)17/h2-8H,9-10H2,1H3,(H,19,20). The van der Waals surface area contributed by atoms with Gasteiger partial charge in [0.1, 0.15) is 6.61 Å². The van der Waals surface area contributed by atoms with E-state index in [1.165, 1.54) is 0 Å². The number of aryl methyl sites for hydroxylation is 1. The van der Waals surface area contributed by atoms with Crippen molar-refractivity contribution in [2.45, 2.75) is 13.5 Å². The van der Waals surface area contributed by atoms with Gasteiger partial charge in [0.05, 0.1) is 6.61 Å². The van der Waals surface area contributed by atoms with Crippen molar-refractivity contribution in [3.63, 3.8) is 0 Å². The van der Waals surface area contributed by atoms with Crippen LogP contribution in [0.4, 0.5) is 5.69 Å². The van der Waals surface area contributed by atoms with Crippen LogP contribution in [0.25, 0.3) is 0 Å². The number of amides is 1. The van der Waals surface area contributed by atoms with Crippen molar-refractivity contribution >= 4 is 45.8 Å². The summed E-state index contributed by atoms with van der Waals surface area (Å²) in [6.45, 7) is 2.28. The van der Waals surface area contributed by atoms with E-state index in [0.717, 1.165) is 20.4 Å². The summed E-state index contributed by atoms with van der Waals surface area (Å²) in [5.41, 5.74) is 2.71. The van der Waals surface area contributed by atoms with E-state index >= 15 is 0 Å². The fraction of sp³-hybridized carbons (Fsp3) is 0.188. The number of benzene rings is 2. The molecular formula is C16H15ClINO2. The maximum atomic E-state index is 11.9. The summed E-state index contributed by atoms with van der Waals surface area (Å²) in [4.78, 5) is 11.9. The Hall–Kier alpha value is -1.11. The average Bonchev–Trinajstić information content (AvgIpc) is 2.44. The predicted molar refractivity (Wildman–Crippen MR) is 93.6 cm³/mol. The monoisotopic (exact) mass is 415 g/mol. The smallest absolute Gasteiger partial charge is 0.250 e. The van der Waals surface area contributed by atoms with Crippen LogP contribution in [0.5, 0.6) is 0 Å². The lowest BCUT2D eigenvalue weighted by Crippen LogP contribution is -2.18. The summed E-state index contributed by atoms with van der Waals surface area (Å²) in [6, 6.07) is 13.3. The zero-order valence-corrected chi connectivity index (χ0v) is 14.4. The van der Waals surface area contributed by atoms with Crippen molar-refractivity contribution in [1.29, 1.82) is 0 Å². The molecule has 0 aromatic heterocycles. The van der Waals surface area contributed by atoms with E-state index in [1.807, 2.05) is 43.3 Å². The van der Waals surface area contributed by atoms with Gasteiger partial charge in [-0.15, -0.1) is 0 Å². The molecule has 3 nitrogen and oxygen atoms in total. The number of carbonyl (C=O) groups excluding carboxylic acids is 1. The van der Waals surface area contributed by atoms with E-state index in [2.05, 4.69) is 27.9 Å². The Kier molecular flexibility index (Phi) is 6.02. The lowest BCUT2D eigenvalue weighted by Gasteiger charge is -2.09. The normalized spacial score (nSPS) is 10.4. The molecule has 21 heavy (non-hydrogen) atoms. The number of hydrogen-bond acceptors (Lipinski definition) is 2. The summed E-state index contributed by atoms with van der Waals surface area (Å²) < 4.78 is 6.54. The fourth-order valence-electron chi connectivity index (χ4n) is 1.82. The second kappa shape index (κ2) is 7.77. The van der Waals surface area contributed by atoms with Crippen LogP contribution in [0.2, 0.25) is 5.02 Å². The van der Waals surface area contributed by atoms with Gasteiger partial charge < -0.3 is 10.1 Å². The van der Waals surface area contributed by atoms with Crippen LogP contribution in [-0.2, 0) is 16.1 Å². The molecule has 2 aromatic rings. The van der Waals surface area contributed by atoms with Crippen molar-refractivity contribution in [1.82, 2.24) is 0 Å². The molecule has 0 heterocycles. The third-order valence-electron chi connectivity index (χ3n) is 2.91. The molecule has 0 aliphatic heterocycles. The Labute approximate surface area is 142 Å². The fourth-order valence-corrected chi connectivity index (χ4v) is 2.66. The van der Waals surface area contributed by atoms with Crippen LogP contribution in [-0.4, -0.2) is 12.5 Å². The largest absolute Gasteiger partial charge is 0.367 e. The van der Waals surface area contributed by atoms with Gasteiger partial charge in [0, 0.05) is 14.3 Å². The minimum Gasteiger partial charge on any atom is -0.367 e. The van der Waals surface area contributed by atoms with Crippen LogP contribution in [0.3, 0.4) is 0 Å². The average molecular weight is 416 g/mol. The number of halogens is 2. The van der Waals surface area contributed by atoms with E-state index in [4.69, 9.17) is 16.3 Å². The number of anilines is 1. The highest BCUT2D eigenvalue weighted by Gasteiger charge is 2.06. The van der Waals surface area contributed by atoms with Gasteiger partial charge in [0.15, 0.2) is 0 Å². The van der Waals surface area contributed by atoms with Crippen LogP contribution in [0.15, 0.2) is 42.5 Å². The lowest BCUT2D eigenvalue weighted by atomic mass is 10.2. The lowest BCUT2D eigenvalue weighted by molar-refractivity contribution is -0.121. The summed E-state index contributed by atoms with van der Waals surface area (Å²) in [6.07, 6.45) is 0. The molecule has 2 rings (SSSR count). The van der Waals surface area contributed by atoms with Gasteiger partial charge in [0.2, 0.25) is 5.91 Å². The van der Waals surface area contributed by atoms with Crippen molar-refractivity contribution in [3.8, 4) is 0 Å². The molecule has 0 unspecified atom stereocenters. The van der Waals surface area contributed by atoms with Crippen molar-refractivity contribution < 1.29 is 9.53 Å². The minimum atomic E-state index is -0.175. The van der Waals surface area contributed by atoms with Crippen molar-refractivity contribution in [2.75, 3.05) is 11.9 Å². The summed E-state index contributed by atoms with van der Waals surface area (Å²) in [7, 11) is 0. The summed E-state index contributed by atoms with van der Waals surface area (Å²) in [5.74, 6) is -0.175. The van der Waals surface area contributed by atoms with Gasteiger partial charge >= 0.3 is 0 Å². The molecule has 0 bridgehead atoms. The third-order valence-corrected chi connectivity index (χ3v) is 3.95. The number of rotatable bonds is 5. The van der Waals surface area contributed by atoms with Crippen LogP contribution in [0, 0.1) is 10.5 Å². The molecule has 110 valence electrons. The molecule has 1 N–H and O–H groups in total. The maximum absolute atomic E-state index is 11.9. The second-order valence-electron chi connectivity index (χ2n) is 4.59. The quantitative estimate of drug-likeness (QED) is 0.735. The van der Waals surface area contributed by atoms with Gasteiger partial charge in [-0.2, -0.15) is 0 Å². The highest BCUT2D eigenvalue weighted by molar-refractivity contribution is 14.1. The molecule has 0 aliphatic carbocycles. The molecule has 0 saturated carbocycles. The molecule has 5 heteroatoms. The van der Waals surface area contributed by atoms with Gasteiger partial charge in [-0.3, -0.25) is 4.79 Å². The number of carbonyl (C=O) groups is 1. The van der Waals surface area contributed by atoms with Crippen LogP contribution < -0.4 is 5.32 Å². The Morgan fingerprint density at radius 1 is 1.29 bits per heavy atom. The zero-order valence-electron chi connectivity index (χ0n) is 11.5. The zero-order chi connectivity index (χ0) is 15.2. The number of nitrogens with one attached hydrogen (secondary N) is 1. The summed E-state index contributed by atoms with van der Waals surface area (Å²) in [5, 5.41) is 3.48. The first-order valence-corrected chi connectivity index (χ1v) is 7.89. The molecule has 0 saturated heterocycles. The highest BCUT2D eigenvalue weighted by atomic mass is 127. The van der Waals surface area contributed by atoms with Crippen molar-refractivity contribution in [3.05, 3.63) is 62.2 Å². The van der Waals surface area contributed by atoms with Crippen LogP contribution in [0.1, 0.15) is 11.1 Å². The van der Waals surface area contributed by atoms with Gasteiger partial charge in [-0.1, -0.05) is 29.8 Å². The van der Waals surface area contributed by atoms with E-state index in [1.54, 1.807) is 6.07 Å². The SMILES string of the molecule is Cc1cc(I)ccc1NC(=O)COCc1ccccc1Cl. The maximum Gasteiger partial charge on any atom is 0.250 e. The Morgan fingerprint density at radius 3 is 2.76 bits per heavy atom. The van der Waals surface area contributed by atoms with Crippen molar-refractivity contribution in [2.24, 2.45) is 0 Å². The second-order valence-corrected chi connectivity index (χ2v) is 6.24. The first-order valence-electron chi connectivity index (χ1n) is 6.43. The first-order chi connectivity index (χ1) is 10.1. The highest BCUT2D eigenvalue weighted by Crippen LogP contribution is 2.18. The number of hydrogen-bond donors (Lipinski definition) is 1. The van der Waals surface area contributed by atoms with E-state index < -0.39 is 0 Å². The molecule has 0 spiro atoms. The van der Waals surface area contributed by atoms with Crippen LogP contribution >= 0.6 is 34.2 Å². The molecule has 0 fully saturated rings. The molecular weight excluding hydrogens is 401 g/mol. The molecule has 1 amide bonds. The summed E-state index contributed by atoms with van der Waals surface area (Å²) >= 11 is 8.26. The van der Waals surface area contributed by atoms with Gasteiger partial charge in [-0.05, 0) is 64.9 Å².